The van der Waals surface area contributed by atoms with Gasteiger partial charge in [-0.05, 0) is 12.1 Å². The summed E-state index contributed by atoms with van der Waals surface area (Å²) in [6.45, 7) is 0.718. The molecule has 1 aromatic heterocycles. The molecule has 0 aliphatic carbocycles. The quantitative estimate of drug-likeness (QED) is 0.842. The molecule has 0 radical (unpaired) electrons. The Kier molecular flexibility index (Phi) is 2.20. The van der Waals surface area contributed by atoms with Crippen molar-refractivity contribution in [1.29, 1.82) is 0 Å². The molecule has 2 heterocycles. The van der Waals surface area contributed by atoms with E-state index in [2.05, 4.69) is 10.1 Å². The first kappa shape index (κ1) is 10.4. The highest BCUT2D eigenvalue weighted by Gasteiger charge is 2.41. The summed E-state index contributed by atoms with van der Waals surface area (Å²) in [6.07, 6.45) is 0. The maximum atomic E-state index is 13.0. The zero-order chi connectivity index (χ0) is 11.9. The lowest BCUT2D eigenvalue weighted by Crippen LogP contribution is -2.54. The number of rotatable bonds is 2. The van der Waals surface area contributed by atoms with E-state index in [1.807, 2.05) is 0 Å². The van der Waals surface area contributed by atoms with Gasteiger partial charge < -0.3 is 15.0 Å². The van der Waals surface area contributed by atoms with Crippen molar-refractivity contribution in [2.24, 2.45) is 5.73 Å². The Hall–Kier alpha value is -1.79. The molecule has 0 amide bonds. The molecule has 0 saturated carbocycles. The molecule has 2 aromatic rings. The van der Waals surface area contributed by atoms with Crippen molar-refractivity contribution in [2.75, 3.05) is 13.2 Å². The Morgan fingerprint density at radius 3 is 2.82 bits per heavy atom. The van der Waals surface area contributed by atoms with Crippen molar-refractivity contribution in [3.05, 3.63) is 36.0 Å². The smallest absolute Gasteiger partial charge is 0.251 e. The van der Waals surface area contributed by atoms with Crippen molar-refractivity contribution in [2.45, 2.75) is 5.54 Å². The third-order valence-electron chi connectivity index (χ3n) is 2.65. The summed E-state index contributed by atoms with van der Waals surface area (Å²) < 4.78 is 23.1. The topological polar surface area (TPSA) is 74.2 Å². The van der Waals surface area contributed by atoms with Gasteiger partial charge in [0, 0.05) is 5.56 Å². The molecular formula is C11H10FN3O2. The zero-order valence-electron chi connectivity index (χ0n) is 8.89. The van der Waals surface area contributed by atoms with Crippen LogP contribution in [0.2, 0.25) is 0 Å². The van der Waals surface area contributed by atoms with Gasteiger partial charge in [0.05, 0.1) is 13.2 Å². The van der Waals surface area contributed by atoms with Gasteiger partial charge in [0.2, 0.25) is 5.82 Å². The van der Waals surface area contributed by atoms with Crippen LogP contribution in [0.3, 0.4) is 0 Å². The maximum absolute atomic E-state index is 13.0. The van der Waals surface area contributed by atoms with Gasteiger partial charge in [-0.1, -0.05) is 17.3 Å². The van der Waals surface area contributed by atoms with Crippen LogP contribution < -0.4 is 5.73 Å². The minimum absolute atomic E-state index is 0.322. The second kappa shape index (κ2) is 3.61. The summed E-state index contributed by atoms with van der Waals surface area (Å²) in [6, 6.07) is 5.99. The highest BCUT2D eigenvalue weighted by molar-refractivity contribution is 5.54. The monoisotopic (exact) mass is 235 g/mol. The number of ether oxygens (including phenoxy) is 1. The lowest BCUT2D eigenvalue weighted by Gasteiger charge is -2.33. The Morgan fingerprint density at radius 1 is 1.35 bits per heavy atom. The van der Waals surface area contributed by atoms with E-state index in [-0.39, 0.29) is 5.82 Å². The number of hydrogen-bond donors (Lipinski definition) is 1. The summed E-state index contributed by atoms with van der Waals surface area (Å²) in [5, 5.41) is 3.79. The molecule has 1 saturated heterocycles. The number of aromatic nitrogens is 2. The van der Waals surface area contributed by atoms with E-state index >= 15 is 0 Å². The number of benzene rings is 1. The SMILES string of the molecule is NC1(c2nc(-c3cccc(F)c3)no2)COC1. The summed E-state index contributed by atoms with van der Waals surface area (Å²) >= 11 is 0. The maximum Gasteiger partial charge on any atom is 0.251 e. The zero-order valence-corrected chi connectivity index (χ0v) is 8.89. The van der Waals surface area contributed by atoms with E-state index in [0.717, 1.165) is 0 Å². The number of nitrogens with zero attached hydrogens (tertiary/aromatic N) is 2. The van der Waals surface area contributed by atoms with Crippen molar-refractivity contribution in [3.63, 3.8) is 0 Å². The fourth-order valence-electron chi connectivity index (χ4n) is 1.62. The average Bonchev–Trinajstić information content (AvgIpc) is 2.75. The fraction of sp³-hybridized carbons (Fsp3) is 0.273. The Labute approximate surface area is 96.4 Å². The Balaban J connectivity index is 1.95. The molecule has 1 fully saturated rings. The lowest BCUT2D eigenvalue weighted by atomic mass is 9.99. The first-order chi connectivity index (χ1) is 8.17. The van der Waals surface area contributed by atoms with Crippen LogP contribution in [0.4, 0.5) is 4.39 Å². The van der Waals surface area contributed by atoms with Gasteiger partial charge >= 0.3 is 0 Å². The number of halogens is 1. The molecule has 6 heteroatoms. The van der Waals surface area contributed by atoms with Gasteiger partial charge in [-0.2, -0.15) is 4.98 Å². The van der Waals surface area contributed by atoms with Crippen molar-refractivity contribution in [1.82, 2.24) is 10.1 Å². The molecule has 1 aliphatic rings. The summed E-state index contributed by atoms with van der Waals surface area (Å²) in [5.41, 5.74) is 5.81. The molecule has 0 spiro atoms. The predicted octanol–water partition coefficient (Wildman–Crippen LogP) is 1.06. The third-order valence-corrected chi connectivity index (χ3v) is 2.65. The molecular weight excluding hydrogens is 225 g/mol. The molecule has 5 nitrogen and oxygen atoms in total. The molecule has 1 aliphatic heterocycles. The van der Waals surface area contributed by atoms with Crippen LogP contribution in [-0.4, -0.2) is 23.4 Å². The van der Waals surface area contributed by atoms with Crippen molar-refractivity contribution >= 4 is 0 Å². The van der Waals surface area contributed by atoms with E-state index in [4.69, 9.17) is 15.0 Å². The minimum atomic E-state index is -0.696. The average molecular weight is 235 g/mol. The van der Waals surface area contributed by atoms with Crippen LogP contribution in [0, 0.1) is 5.82 Å². The van der Waals surface area contributed by atoms with Gasteiger partial charge in [-0.3, -0.25) is 0 Å². The van der Waals surface area contributed by atoms with E-state index in [1.54, 1.807) is 12.1 Å². The normalized spacial score (nSPS) is 17.8. The van der Waals surface area contributed by atoms with E-state index in [0.29, 0.717) is 30.5 Å². The van der Waals surface area contributed by atoms with E-state index in [9.17, 15) is 4.39 Å². The Morgan fingerprint density at radius 2 is 2.18 bits per heavy atom. The van der Waals surface area contributed by atoms with Crippen LogP contribution in [0.25, 0.3) is 11.4 Å². The summed E-state index contributed by atoms with van der Waals surface area (Å²) in [4.78, 5) is 4.17. The van der Waals surface area contributed by atoms with E-state index in [1.165, 1.54) is 12.1 Å². The molecule has 3 rings (SSSR count). The van der Waals surface area contributed by atoms with Crippen LogP contribution >= 0.6 is 0 Å². The molecule has 17 heavy (non-hydrogen) atoms. The van der Waals surface area contributed by atoms with Gasteiger partial charge in [0.1, 0.15) is 11.4 Å². The number of nitrogens with two attached hydrogens (primary N) is 1. The lowest BCUT2D eigenvalue weighted by molar-refractivity contribution is -0.0714. The van der Waals surface area contributed by atoms with Gasteiger partial charge in [-0.15, -0.1) is 0 Å². The summed E-state index contributed by atoms with van der Waals surface area (Å²) in [7, 11) is 0. The first-order valence-corrected chi connectivity index (χ1v) is 5.14. The number of hydrogen-bond acceptors (Lipinski definition) is 5. The largest absolute Gasteiger partial charge is 0.376 e. The molecule has 0 bridgehead atoms. The van der Waals surface area contributed by atoms with Crippen LogP contribution in [0.15, 0.2) is 28.8 Å². The molecule has 88 valence electrons. The molecule has 0 atom stereocenters. The molecule has 1 aromatic carbocycles. The van der Waals surface area contributed by atoms with E-state index < -0.39 is 5.54 Å². The molecule has 2 N–H and O–H groups in total. The minimum Gasteiger partial charge on any atom is -0.376 e. The Bertz CT molecular complexity index is 551. The second-order valence-corrected chi connectivity index (χ2v) is 4.08. The van der Waals surface area contributed by atoms with Crippen LogP contribution in [0.5, 0.6) is 0 Å². The van der Waals surface area contributed by atoms with Gasteiger partial charge in [0.15, 0.2) is 0 Å². The molecule has 0 unspecified atom stereocenters. The summed E-state index contributed by atoms with van der Waals surface area (Å²) in [5.74, 6) is 0.308. The highest BCUT2D eigenvalue weighted by atomic mass is 19.1. The van der Waals surface area contributed by atoms with Gasteiger partial charge in [-0.25, -0.2) is 4.39 Å². The highest BCUT2D eigenvalue weighted by Crippen LogP contribution is 2.27. The second-order valence-electron chi connectivity index (χ2n) is 4.08. The predicted molar refractivity (Wildman–Crippen MR) is 56.4 cm³/mol. The van der Waals surface area contributed by atoms with Crippen molar-refractivity contribution < 1.29 is 13.7 Å². The van der Waals surface area contributed by atoms with Crippen LogP contribution in [-0.2, 0) is 10.3 Å². The van der Waals surface area contributed by atoms with Gasteiger partial charge in [0.25, 0.3) is 5.89 Å². The van der Waals surface area contributed by atoms with Crippen molar-refractivity contribution in [3.8, 4) is 11.4 Å². The first-order valence-electron chi connectivity index (χ1n) is 5.14. The fourth-order valence-corrected chi connectivity index (χ4v) is 1.62. The standard InChI is InChI=1S/C11H10FN3O2/c12-8-3-1-2-7(4-8)9-14-10(17-15-9)11(13)5-16-6-11/h1-4H,5-6,13H2. The van der Waals surface area contributed by atoms with Crippen LogP contribution in [0.1, 0.15) is 5.89 Å². The third kappa shape index (κ3) is 1.71.